The molecule has 66 heavy (non-hydrogen) atoms. The molecule has 0 unspecified atom stereocenters. The first-order chi connectivity index (χ1) is 30.7. The van der Waals surface area contributed by atoms with Crippen molar-refractivity contribution >= 4 is 76.0 Å². The topological polar surface area (TPSA) is 222 Å². The van der Waals surface area contributed by atoms with Crippen molar-refractivity contribution in [3.05, 3.63) is 72.8 Å². The maximum absolute atomic E-state index is 14.1. The van der Waals surface area contributed by atoms with Gasteiger partial charge in [-0.2, -0.15) is 0 Å². The van der Waals surface area contributed by atoms with Gasteiger partial charge in [-0.3, -0.25) is 19.4 Å². The Hall–Kier alpha value is -5.31. The smallest absolute Gasteiger partial charge is 0.328 e. The van der Waals surface area contributed by atoms with Crippen molar-refractivity contribution in [2.45, 2.75) is 111 Å². The lowest BCUT2D eigenvalue weighted by atomic mass is 9.92. The Morgan fingerprint density at radius 1 is 0.591 bits per heavy atom. The van der Waals surface area contributed by atoms with Crippen LogP contribution in [0.25, 0.3) is 32.7 Å². The number of guanidine groups is 1. The number of hydrogen-bond acceptors (Lipinski definition) is 9. The number of nitrogens with one attached hydrogen (secondary N) is 3. The standard InChI is InChI=1S/C50H71N7O7.2ClH/c1-32(2)24-28-62-42-22-20-35-14-7-9-16-37(35)45(42)46-38-17-10-8-15-36(38)21-23-43(46)64-31-44(58)55-39(18-11-12-26-51)47(59)56-40(19-13-27-54-50(52)53)48(60)57-41(30-34(5)6)49(61)63-29-25-33(3)4;;/h7-10,14-17,20-23,32-34,39-41H,11-13,18-19,24-31,51H2,1-6H3,(H,55,58)(H,56,59)(H,57,60)(H4,52,53,54);2*1H/t39-,40-,41-;;/m0../s1. The Labute approximate surface area is 403 Å². The number of esters is 1. The molecule has 0 aliphatic rings. The molecule has 0 spiro atoms. The first kappa shape index (κ1) is 56.8. The van der Waals surface area contributed by atoms with Crippen molar-refractivity contribution in [3.8, 4) is 22.6 Å². The fourth-order valence-electron chi connectivity index (χ4n) is 7.30. The second kappa shape index (κ2) is 29.4. The van der Waals surface area contributed by atoms with Gasteiger partial charge < -0.3 is 47.4 Å². The van der Waals surface area contributed by atoms with E-state index in [-0.39, 0.29) is 62.7 Å². The summed E-state index contributed by atoms with van der Waals surface area (Å²) < 4.78 is 18.4. The predicted octanol–water partition coefficient (Wildman–Crippen LogP) is 7.58. The lowest BCUT2D eigenvalue weighted by Crippen LogP contribution is -2.56. The van der Waals surface area contributed by atoms with Gasteiger partial charge in [-0.1, -0.05) is 102 Å². The zero-order valence-corrected chi connectivity index (χ0v) is 41.1. The van der Waals surface area contributed by atoms with Crippen LogP contribution in [-0.4, -0.2) is 80.7 Å². The van der Waals surface area contributed by atoms with Gasteiger partial charge in [0.2, 0.25) is 11.8 Å². The number of ether oxygens (including phenoxy) is 3. The minimum Gasteiger partial charge on any atom is -0.493 e. The number of carbonyl (C=O) groups excluding carboxylic acids is 4. The summed E-state index contributed by atoms with van der Waals surface area (Å²) in [4.78, 5) is 59.1. The molecule has 0 aliphatic heterocycles. The number of nitrogens with two attached hydrogens (primary N) is 3. The molecule has 0 aliphatic carbocycles. The van der Waals surface area contributed by atoms with E-state index in [0.717, 1.165) is 39.1 Å². The van der Waals surface area contributed by atoms with E-state index in [9.17, 15) is 19.2 Å². The third-order valence-electron chi connectivity index (χ3n) is 10.8. The molecule has 16 heteroatoms. The van der Waals surface area contributed by atoms with Crippen LogP contribution in [-0.2, 0) is 23.9 Å². The Morgan fingerprint density at radius 3 is 1.65 bits per heavy atom. The maximum atomic E-state index is 14.1. The van der Waals surface area contributed by atoms with E-state index in [2.05, 4.69) is 46.9 Å². The van der Waals surface area contributed by atoms with Crippen molar-refractivity contribution in [2.75, 3.05) is 32.9 Å². The second-order valence-corrected chi connectivity index (χ2v) is 17.6. The zero-order chi connectivity index (χ0) is 46.6. The number of aliphatic imine (C=N–C) groups is 1. The van der Waals surface area contributed by atoms with Gasteiger partial charge in [0.25, 0.3) is 5.91 Å². The van der Waals surface area contributed by atoms with E-state index in [1.54, 1.807) is 0 Å². The molecule has 364 valence electrons. The van der Waals surface area contributed by atoms with E-state index in [0.29, 0.717) is 68.6 Å². The number of amides is 3. The molecule has 4 aromatic carbocycles. The molecule has 3 atom stereocenters. The molecule has 0 aromatic heterocycles. The number of fused-ring (bicyclic) bond motifs is 2. The summed E-state index contributed by atoms with van der Waals surface area (Å²) in [5.74, 6) is -0.281. The van der Waals surface area contributed by atoms with Crippen molar-refractivity contribution in [3.63, 3.8) is 0 Å². The molecule has 0 saturated heterocycles. The number of hydrogen-bond donors (Lipinski definition) is 6. The molecule has 0 fully saturated rings. The number of carbonyl (C=O) groups is 4. The highest BCUT2D eigenvalue weighted by Gasteiger charge is 2.31. The van der Waals surface area contributed by atoms with Gasteiger partial charge in [0.05, 0.1) is 13.2 Å². The van der Waals surface area contributed by atoms with Gasteiger partial charge in [0.15, 0.2) is 12.6 Å². The number of nitrogens with zero attached hydrogens (tertiary/aromatic N) is 1. The third-order valence-corrected chi connectivity index (χ3v) is 10.8. The number of benzene rings is 4. The second-order valence-electron chi connectivity index (χ2n) is 17.6. The summed E-state index contributed by atoms with van der Waals surface area (Å²) in [5.41, 5.74) is 18.5. The van der Waals surface area contributed by atoms with Crippen molar-refractivity contribution in [2.24, 2.45) is 39.9 Å². The zero-order valence-electron chi connectivity index (χ0n) is 39.4. The summed E-state index contributed by atoms with van der Waals surface area (Å²) in [6.45, 7) is 13.2. The molecule has 4 rings (SSSR count). The molecule has 14 nitrogen and oxygen atoms in total. The summed E-state index contributed by atoms with van der Waals surface area (Å²) in [5, 5.41) is 12.5. The molecular weight excluding hydrogens is 881 g/mol. The van der Waals surface area contributed by atoms with E-state index < -0.39 is 48.4 Å². The molecule has 3 amide bonds. The van der Waals surface area contributed by atoms with Gasteiger partial charge in [-0.15, -0.1) is 24.8 Å². The summed E-state index contributed by atoms with van der Waals surface area (Å²) in [6, 6.07) is 20.9. The monoisotopic (exact) mass is 953 g/mol. The van der Waals surface area contributed by atoms with Crippen LogP contribution in [0.3, 0.4) is 0 Å². The fraction of sp³-hybridized carbons (Fsp3) is 0.500. The minimum atomic E-state index is -1.08. The molecule has 0 saturated carbocycles. The SMILES string of the molecule is CC(C)CCOC(=O)[C@H](CC(C)C)NC(=O)[C@H](CCCN=C(N)N)NC(=O)[C@H](CCCCN)NC(=O)COc1ccc2ccccc2c1-c1c(OCCC(C)C)ccc2ccccc12.Cl.Cl. The minimum absolute atomic E-state index is 0. The maximum Gasteiger partial charge on any atom is 0.328 e. The van der Waals surface area contributed by atoms with Crippen molar-refractivity contribution in [1.29, 1.82) is 0 Å². The van der Waals surface area contributed by atoms with Crippen LogP contribution in [0.4, 0.5) is 0 Å². The van der Waals surface area contributed by atoms with Crippen LogP contribution in [0.1, 0.15) is 92.9 Å². The third kappa shape index (κ3) is 18.2. The average molecular weight is 955 g/mol. The van der Waals surface area contributed by atoms with Gasteiger partial charge in [0, 0.05) is 17.7 Å². The van der Waals surface area contributed by atoms with Gasteiger partial charge >= 0.3 is 5.97 Å². The fourth-order valence-corrected chi connectivity index (χ4v) is 7.30. The first-order valence-electron chi connectivity index (χ1n) is 22.8. The van der Waals surface area contributed by atoms with Crippen LogP contribution < -0.4 is 42.6 Å². The molecular formula is C50H73Cl2N7O7. The van der Waals surface area contributed by atoms with Gasteiger partial charge in [0.1, 0.15) is 29.6 Å². The summed E-state index contributed by atoms with van der Waals surface area (Å²) in [6.07, 6.45) is 3.79. The van der Waals surface area contributed by atoms with Gasteiger partial charge in [-0.25, -0.2) is 4.79 Å². The van der Waals surface area contributed by atoms with E-state index in [1.165, 1.54) is 0 Å². The van der Waals surface area contributed by atoms with E-state index in [4.69, 9.17) is 31.4 Å². The number of halogens is 2. The van der Waals surface area contributed by atoms with Crippen LogP contribution in [0.5, 0.6) is 11.5 Å². The molecule has 0 bridgehead atoms. The highest BCUT2D eigenvalue weighted by molar-refractivity contribution is 6.10. The molecule has 0 radical (unpaired) electrons. The Morgan fingerprint density at radius 2 is 1.11 bits per heavy atom. The lowest BCUT2D eigenvalue weighted by Gasteiger charge is -2.26. The Bertz CT molecular complexity index is 2180. The van der Waals surface area contributed by atoms with E-state index >= 15 is 0 Å². The van der Waals surface area contributed by atoms with Crippen LogP contribution in [0, 0.1) is 17.8 Å². The van der Waals surface area contributed by atoms with Crippen LogP contribution in [0.15, 0.2) is 77.8 Å². The van der Waals surface area contributed by atoms with Crippen molar-refractivity contribution in [1.82, 2.24) is 16.0 Å². The lowest BCUT2D eigenvalue weighted by molar-refractivity contribution is -0.149. The van der Waals surface area contributed by atoms with Crippen molar-refractivity contribution < 1.29 is 33.4 Å². The van der Waals surface area contributed by atoms with Gasteiger partial charge in [-0.05, 0) is 109 Å². The van der Waals surface area contributed by atoms with E-state index in [1.807, 2.05) is 88.4 Å². The first-order valence-corrected chi connectivity index (χ1v) is 22.8. The van der Waals surface area contributed by atoms with Crippen LogP contribution in [0.2, 0.25) is 0 Å². The quantitative estimate of drug-likeness (QED) is 0.0149. The highest BCUT2D eigenvalue weighted by Crippen LogP contribution is 2.45. The molecule has 4 aromatic rings. The highest BCUT2D eigenvalue weighted by atomic mass is 35.5. The largest absolute Gasteiger partial charge is 0.493 e. The predicted molar refractivity (Wildman–Crippen MR) is 270 cm³/mol. The Kier molecular flexibility index (Phi) is 25.3. The number of rotatable bonds is 27. The summed E-state index contributed by atoms with van der Waals surface area (Å²) in [7, 11) is 0. The van der Waals surface area contributed by atoms with Crippen LogP contribution >= 0.6 is 24.8 Å². The normalized spacial score (nSPS) is 12.4. The Balaban J connectivity index is 0.00000748. The number of unbranched alkanes of at least 4 members (excludes halogenated alkanes) is 1. The molecule has 0 heterocycles. The molecule has 9 N–H and O–H groups in total. The summed E-state index contributed by atoms with van der Waals surface area (Å²) >= 11 is 0. The average Bonchev–Trinajstić information content (AvgIpc) is 3.25.